The molecule has 5 heteroatoms. The van der Waals surface area contributed by atoms with E-state index in [1.54, 1.807) is 6.07 Å². The van der Waals surface area contributed by atoms with E-state index in [0.29, 0.717) is 5.15 Å². The van der Waals surface area contributed by atoms with Gasteiger partial charge in [-0.05, 0) is 24.3 Å². The number of benzene rings is 1. The number of hydrogen-bond acceptors (Lipinski definition) is 4. The first-order chi connectivity index (χ1) is 8.34. The van der Waals surface area contributed by atoms with Gasteiger partial charge in [-0.2, -0.15) is 0 Å². The highest BCUT2D eigenvalue weighted by Crippen LogP contribution is 2.32. The number of nitrogens with zero attached hydrogens (tertiary/aromatic N) is 3. The monoisotopic (exact) mass is 246 g/mol. The van der Waals surface area contributed by atoms with E-state index in [1.807, 2.05) is 18.2 Å². The van der Waals surface area contributed by atoms with Crippen molar-refractivity contribution in [1.29, 1.82) is 0 Å². The zero-order chi connectivity index (χ0) is 11.7. The lowest BCUT2D eigenvalue weighted by Gasteiger charge is -2.30. The largest absolute Gasteiger partial charge is 0.382 e. The maximum absolute atomic E-state index is 5.75. The van der Waals surface area contributed by atoms with E-state index >= 15 is 0 Å². The minimum Gasteiger partial charge on any atom is -0.382 e. The number of fused-ring (bicyclic) bond motifs is 1. The van der Waals surface area contributed by atoms with Crippen LogP contribution in [0, 0.1) is 0 Å². The Morgan fingerprint density at radius 2 is 2.00 bits per heavy atom. The predicted octanol–water partition coefficient (Wildman–Crippen LogP) is 2.69. The molecule has 0 amide bonds. The lowest BCUT2D eigenvalue weighted by atomic mass is 10.2. The van der Waals surface area contributed by atoms with Gasteiger partial charge < -0.3 is 10.2 Å². The molecule has 1 aliphatic heterocycles. The van der Waals surface area contributed by atoms with Crippen LogP contribution in [0.25, 0.3) is 0 Å². The molecule has 0 saturated carbocycles. The minimum absolute atomic E-state index is 0.414. The van der Waals surface area contributed by atoms with Gasteiger partial charge in [0.25, 0.3) is 0 Å². The van der Waals surface area contributed by atoms with Crippen LogP contribution in [-0.2, 0) is 0 Å². The Balaban J connectivity index is 2.03. The molecule has 86 valence electrons. The van der Waals surface area contributed by atoms with E-state index < -0.39 is 0 Å². The zero-order valence-electron chi connectivity index (χ0n) is 9.10. The molecule has 1 N–H and O–H groups in total. The van der Waals surface area contributed by atoms with Crippen molar-refractivity contribution in [3.63, 3.8) is 0 Å². The summed E-state index contributed by atoms with van der Waals surface area (Å²) < 4.78 is 0. The smallest absolute Gasteiger partial charge is 0.155 e. The summed E-state index contributed by atoms with van der Waals surface area (Å²) >= 11 is 5.75. The standard InChI is InChI=1S/C12H11ClN4/c13-11-5-6-12(16-15-11)17-8-7-14-9-3-1-2-4-10(9)17/h1-6,14H,7-8H2. The van der Waals surface area contributed by atoms with Crippen molar-refractivity contribution >= 4 is 28.8 Å². The third-order valence-corrected chi connectivity index (χ3v) is 2.94. The molecule has 2 aromatic rings. The Morgan fingerprint density at radius 1 is 1.12 bits per heavy atom. The Labute approximate surface area is 104 Å². The number of rotatable bonds is 1. The van der Waals surface area contributed by atoms with Crippen LogP contribution in [0.1, 0.15) is 0 Å². The van der Waals surface area contributed by atoms with Gasteiger partial charge in [0.15, 0.2) is 11.0 Å². The number of halogens is 1. The highest BCUT2D eigenvalue weighted by Gasteiger charge is 2.18. The molecule has 1 aliphatic rings. The number of aromatic nitrogens is 2. The SMILES string of the molecule is Clc1ccc(N2CCNc3ccccc32)nn1. The van der Waals surface area contributed by atoms with Crippen molar-refractivity contribution in [2.24, 2.45) is 0 Å². The Bertz CT molecular complexity index is 526. The van der Waals surface area contributed by atoms with Gasteiger partial charge in [0.1, 0.15) is 0 Å². The summed E-state index contributed by atoms with van der Waals surface area (Å²) in [4.78, 5) is 2.13. The van der Waals surface area contributed by atoms with Crippen LogP contribution in [-0.4, -0.2) is 23.3 Å². The molecular weight excluding hydrogens is 236 g/mol. The van der Waals surface area contributed by atoms with Gasteiger partial charge in [-0.3, -0.25) is 0 Å². The molecule has 0 spiro atoms. The van der Waals surface area contributed by atoms with Crippen LogP contribution in [0.4, 0.5) is 17.2 Å². The zero-order valence-corrected chi connectivity index (χ0v) is 9.85. The second-order valence-corrected chi connectivity index (χ2v) is 4.20. The lowest BCUT2D eigenvalue weighted by molar-refractivity contribution is 0.881. The Kier molecular flexibility index (Phi) is 2.57. The van der Waals surface area contributed by atoms with Gasteiger partial charge in [0, 0.05) is 13.1 Å². The Morgan fingerprint density at radius 3 is 2.82 bits per heavy atom. The van der Waals surface area contributed by atoms with E-state index in [2.05, 4.69) is 32.5 Å². The topological polar surface area (TPSA) is 41.0 Å². The van der Waals surface area contributed by atoms with Crippen molar-refractivity contribution in [2.75, 3.05) is 23.3 Å². The number of nitrogens with one attached hydrogen (secondary N) is 1. The molecule has 0 atom stereocenters. The summed E-state index contributed by atoms with van der Waals surface area (Å²) in [7, 11) is 0. The molecule has 3 rings (SSSR count). The minimum atomic E-state index is 0.414. The number of anilines is 3. The van der Waals surface area contributed by atoms with Gasteiger partial charge in [0.2, 0.25) is 0 Å². The second-order valence-electron chi connectivity index (χ2n) is 3.81. The molecule has 0 aliphatic carbocycles. The highest BCUT2D eigenvalue weighted by molar-refractivity contribution is 6.29. The second kappa shape index (κ2) is 4.22. The van der Waals surface area contributed by atoms with Crippen LogP contribution in [0.15, 0.2) is 36.4 Å². The van der Waals surface area contributed by atoms with Gasteiger partial charge in [0.05, 0.1) is 11.4 Å². The van der Waals surface area contributed by atoms with E-state index in [-0.39, 0.29) is 0 Å². The summed E-state index contributed by atoms with van der Waals surface area (Å²) in [5.41, 5.74) is 2.24. The van der Waals surface area contributed by atoms with Crippen molar-refractivity contribution in [3.8, 4) is 0 Å². The number of hydrogen-bond donors (Lipinski definition) is 1. The fraction of sp³-hybridized carbons (Fsp3) is 0.167. The molecule has 2 heterocycles. The molecule has 1 aromatic heterocycles. The van der Waals surface area contributed by atoms with Crippen molar-refractivity contribution in [2.45, 2.75) is 0 Å². The molecule has 0 saturated heterocycles. The molecule has 0 fully saturated rings. The van der Waals surface area contributed by atoms with Crippen molar-refractivity contribution < 1.29 is 0 Å². The van der Waals surface area contributed by atoms with Crippen LogP contribution < -0.4 is 10.2 Å². The van der Waals surface area contributed by atoms with Gasteiger partial charge in [-0.25, -0.2) is 0 Å². The fourth-order valence-electron chi connectivity index (χ4n) is 1.97. The van der Waals surface area contributed by atoms with Crippen molar-refractivity contribution in [1.82, 2.24) is 10.2 Å². The van der Waals surface area contributed by atoms with Gasteiger partial charge in [-0.15, -0.1) is 10.2 Å². The average Bonchev–Trinajstić information content (AvgIpc) is 2.39. The van der Waals surface area contributed by atoms with E-state index in [9.17, 15) is 0 Å². The molecule has 4 nitrogen and oxygen atoms in total. The van der Waals surface area contributed by atoms with Gasteiger partial charge in [-0.1, -0.05) is 23.7 Å². The summed E-state index contributed by atoms with van der Waals surface area (Å²) in [6.45, 7) is 1.76. The summed E-state index contributed by atoms with van der Waals surface area (Å²) in [5.74, 6) is 0.823. The van der Waals surface area contributed by atoms with E-state index in [1.165, 1.54) is 0 Å². The quantitative estimate of drug-likeness (QED) is 0.840. The van der Waals surface area contributed by atoms with Crippen LogP contribution in [0.5, 0.6) is 0 Å². The lowest BCUT2D eigenvalue weighted by Crippen LogP contribution is -2.30. The molecule has 0 radical (unpaired) electrons. The van der Waals surface area contributed by atoms with E-state index in [4.69, 9.17) is 11.6 Å². The Hall–Kier alpha value is -1.81. The predicted molar refractivity (Wildman–Crippen MR) is 69.0 cm³/mol. The molecule has 0 bridgehead atoms. The summed E-state index contributed by atoms with van der Waals surface area (Å²) in [6, 6.07) is 11.8. The summed E-state index contributed by atoms with van der Waals surface area (Å²) in [5, 5.41) is 11.8. The maximum atomic E-state index is 5.75. The maximum Gasteiger partial charge on any atom is 0.155 e. The molecule has 1 aromatic carbocycles. The van der Waals surface area contributed by atoms with Crippen molar-refractivity contribution in [3.05, 3.63) is 41.6 Å². The third kappa shape index (κ3) is 1.91. The van der Waals surface area contributed by atoms with Gasteiger partial charge >= 0.3 is 0 Å². The van der Waals surface area contributed by atoms with E-state index in [0.717, 1.165) is 30.3 Å². The normalized spacial score (nSPS) is 14.1. The average molecular weight is 247 g/mol. The first-order valence-electron chi connectivity index (χ1n) is 5.44. The molecular formula is C12H11ClN4. The first kappa shape index (κ1) is 10.4. The van der Waals surface area contributed by atoms with Crippen LogP contribution >= 0.6 is 11.6 Å². The summed E-state index contributed by atoms with van der Waals surface area (Å²) in [6.07, 6.45) is 0. The third-order valence-electron chi connectivity index (χ3n) is 2.74. The molecule has 0 unspecified atom stereocenters. The highest BCUT2D eigenvalue weighted by atomic mass is 35.5. The molecule has 17 heavy (non-hydrogen) atoms. The van der Waals surface area contributed by atoms with Crippen LogP contribution in [0.2, 0.25) is 5.15 Å². The fourth-order valence-corrected chi connectivity index (χ4v) is 2.07. The number of para-hydroxylation sites is 2. The van der Waals surface area contributed by atoms with Crippen LogP contribution in [0.3, 0.4) is 0 Å². The first-order valence-corrected chi connectivity index (χ1v) is 5.82.